The number of nitrogens with zero attached hydrogens (tertiary/aromatic N) is 4. The molecule has 1 heterocycles. The van der Waals surface area contributed by atoms with E-state index in [2.05, 4.69) is 46.2 Å². The molecule has 1 aliphatic carbocycles. The van der Waals surface area contributed by atoms with Crippen LogP contribution in [0.25, 0.3) is 0 Å². The first-order chi connectivity index (χ1) is 8.04. The van der Waals surface area contributed by atoms with Gasteiger partial charge in [-0.05, 0) is 33.6 Å². The first-order valence-electron chi connectivity index (χ1n) is 5.84. The van der Waals surface area contributed by atoms with Gasteiger partial charge in [-0.15, -0.1) is 0 Å². The molecule has 0 radical (unpaired) electrons. The Labute approximate surface area is 106 Å². The second-order valence-electron chi connectivity index (χ2n) is 5.26. The second-order valence-corrected chi connectivity index (χ2v) is 6.17. The predicted octanol–water partition coefficient (Wildman–Crippen LogP) is 1.69. The molecule has 1 aliphatic rings. The zero-order valence-corrected chi connectivity index (χ0v) is 11.4. The molecule has 1 fully saturated rings. The van der Waals surface area contributed by atoms with Gasteiger partial charge in [-0.3, -0.25) is 0 Å². The van der Waals surface area contributed by atoms with Crippen molar-refractivity contribution in [2.24, 2.45) is 0 Å². The van der Waals surface area contributed by atoms with Crippen LogP contribution in [-0.2, 0) is 0 Å². The van der Waals surface area contributed by atoms with E-state index in [0.29, 0.717) is 6.04 Å². The van der Waals surface area contributed by atoms with E-state index >= 15 is 0 Å². The number of hydrogen-bond acceptors (Lipinski definition) is 6. The molecule has 1 saturated carbocycles. The van der Waals surface area contributed by atoms with E-state index in [1.807, 2.05) is 0 Å². The van der Waals surface area contributed by atoms with Gasteiger partial charge in [-0.25, -0.2) is 25.4 Å². The van der Waals surface area contributed by atoms with Crippen molar-refractivity contribution in [3.8, 4) is 0 Å². The summed E-state index contributed by atoms with van der Waals surface area (Å²) in [5, 5.41) is 3.08. The highest BCUT2D eigenvalue weighted by Gasteiger charge is 2.31. The Kier molecular flexibility index (Phi) is 3.96. The maximum atomic E-state index is 4.11. The molecule has 0 spiro atoms. The summed E-state index contributed by atoms with van der Waals surface area (Å²) < 4.78 is 0. The Hall–Kier alpha value is -0.720. The largest absolute Gasteiger partial charge is 0.249 e. The monoisotopic (exact) mass is 253 g/mol. The molecule has 1 aromatic rings. The van der Waals surface area contributed by atoms with Crippen molar-refractivity contribution < 1.29 is 0 Å². The number of nitrogens with one attached hydrogen (secondary N) is 1. The fourth-order valence-electron chi connectivity index (χ4n) is 1.48. The van der Waals surface area contributed by atoms with Crippen LogP contribution in [0.1, 0.15) is 33.6 Å². The van der Waals surface area contributed by atoms with Crippen LogP contribution in [0.5, 0.6) is 0 Å². The van der Waals surface area contributed by atoms with Crippen molar-refractivity contribution in [2.45, 2.75) is 50.4 Å². The molecule has 17 heavy (non-hydrogen) atoms. The Balaban J connectivity index is 1.86. The van der Waals surface area contributed by atoms with E-state index in [1.165, 1.54) is 25.5 Å². The Morgan fingerprint density at radius 3 is 2.53 bits per heavy atom. The molecule has 0 bridgehead atoms. The molecule has 0 amide bonds. The van der Waals surface area contributed by atoms with Gasteiger partial charge in [0, 0.05) is 11.6 Å². The first-order valence-corrected chi connectivity index (χ1v) is 6.82. The van der Waals surface area contributed by atoms with Gasteiger partial charge in [-0.2, -0.15) is 0 Å². The number of thioether (sulfide) groups is 1. The number of hydrogen-bond donors (Lipinski definition) is 1. The third-order valence-electron chi connectivity index (χ3n) is 2.27. The van der Waals surface area contributed by atoms with Gasteiger partial charge in [0.25, 0.3) is 0 Å². The molecule has 0 atom stereocenters. The average Bonchev–Trinajstić information content (AvgIpc) is 3.08. The molecule has 0 unspecified atom stereocenters. The Bertz CT molecular complexity index is 347. The summed E-state index contributed by atoms with van der Waals surface area (Å²) in [6.07, 6.45) is 5.63. The highest BCUT2D eigenvalue weighted by atomic mass is 32.2. The van der Waals surface area contributed by atoms with Crippen molar-refractivity contribution >= 4 is 11.8 Å². The maximum absolute atomic E-state index is 4.11. The molecule has 1 aromatic heterocycles. The quantitative estimate of drug-likeness (QED) is 0.489. The minimum Gasteiger partial charge on any atom is -0.249 e. The molecule has 0 aromatic carbocycles. The summed E-state index contributed by atoms with van der Waals surface area (Å²) in [6.45, 7) is 6.53. The smallest absolute Gasteiger partial charge is 0.191 e. The zero-order chi connectivity index (χ0) is 12.3. The zero-order valence-electron chi connectivity index (χ0n) is 10.6. The lowest BCUT2D eigenvalue weighted by atomic mass is 10.1. The van der Waals surface area contributed by atoms with Gasteiger partial charge >= 0.3 is 0 Å². The van der Waals surface area contributed by atoms with Gasteiger partial charge in [-0.1, -0.05) is 11.8 Å². The number of aromatic nitrogens is 3. The van der Waals surface area contributed by atoms with E-state index in [1.54, 1.807) is 11.8 Å². The summed E-state index contributed by atoms with van der Waals surface area (Å²) in [4.78, 5) is 12.0. The lowest BCUT2D eigenvalue weighted by Crippen LogP contribution is -2.50. The highest BCUT2D eigenvalue weighted by molar-refractivity contribution is 7.99. The van der Waals surface area contributed by atoms with E-state index < -0.39 is 0 Å². The van der Waals surface area contributed by atoms with Crippen molar-refractivity contribution in [1.82, 2.24) is 25.4 Å². The molecule has 2 rings (SSSR count). The third kappa shape index (κ3) is 4.57. The van der Waals surface area contributed by atoms with Crippen LogP contribution < -0.4 is 5.43 Å². The lowest BCUT2D eigenvalue weighted by molar-refractivity contribution is 0.145. The number of rotatable bonds is 5. The average molecular weight is 253 g/mol. The molecular formula is C11H19N5S. The van der Waals surface area contributed by atoms with Crippen LogP contribution in [0.2, 0.25) is 0 Å². The van der Waals surface area contributed by atoms with Crippen LogP contribution in [0, 0.1) is 0 Å². The second kappa shape index (κ2) is 5.29. The maximum Gasteiger partial charge on any atom is 0.191 e. The Morgan fingerprint density at radius 2 is 2.00 bits per heavy atom. The van der Waals surface area contributed by atoms with E-state index in [0.717, 1.165) is 11.0 Å². The van der Waals surface area contributed by atoms with Crippen molar-refractivity contribution in [3.63, 3.8) is 0 Å². The van der Waals surface area contributed by atoms with Crippen LogP contribution >= 0.6 is 11.8 Å². The summed E-state index contributed by atoms with van der Waals surface area (Å²) in [6, 6.07) is 0.670. The third-order valence-corrected chi connectivity index (χ3v) is 3.15. The van der Waals surface area contributed by atoms with Crippen molar-refractivity contribution in [1.29, 1.82) is 0 Å². The van der Waals surface area contributed by atoms with Crippen molar-refractivity contribution in [2.75, 3.05) is 5.88 Å². The lowest BCUT2D eigenvalue weighted by Gasteiger charge is -2.31. The van der Waals surface area contributed by atoms with Gasteiger partial charge in [0.1, 0.15) is 12.7 Å². The molecule has 0 saturated heterocycles. The van der Waals surface area contributed by atoms with Gasteiger partial charge < -0.3 is 0 Å². The Morgan fingerprint density at radius 1 is 1.35 bits per heavy atom. The predicted molar refractivity (Wildman–Crippen MR) is 68.3 cm³/mol. The molecule has 94 valence electrons. The summed E-state index contributed by atoms with van der Waals surface area (Å²) in [5.41, 5.74) is 3.63. The standard InChI is InChI=1S/C11H19N5S/c1-11(2,3)15-16(9-4-5-9)8-17-10-13-6-12-7-14-10/h6-7,9,15H,4-5,8H2,1-3H3. The van der Waals surface area contributed by atoms with E-state index in [9.17, 15) is 0 Å². The molecule has 0 aliphatic heterocycles. The van der Waals surface area contributed by atoms with E-state index in [-0.39, 0.29) is 5.54 Å². The highest BCUT2D eigenvalue weighted by Crippen LogP contribution is 2.28. The minimum atomic E-state index is 0.0995. The van der Waals surface area contributed by atoms with Gasteiger partial charge in [0.15, 0.2) is 5.16 Å². The first kappa shape index (κ1) is 12.7. The van der Waals surface area contributed by atoms with E-state index in [4.69, 9.17) is 0 Å². The van der Waals surface area contributed by atoms with Crippen molar-refractivity contribution in [3.05, 3.63) is 12.7 Å². The fourth-order valence-corrected chi connectivity index (χ4v) is 2.25. The van der Waals surface area contributed by atoms with Gasteiger partial charge in [0.05, 0.1) is 5.88 Å². The van der Waals surface area contributed by atoms with Crippen LogP contribution in [0.3, 0.4) is 0 Å². The van der Waals surface area contributed by atoms with Crippen LogP contribution in [0.15, 0.2) is 17.8 Å². The molecular weight excluding hydrogens is 234 g/mol. The normalized spacial score (nSPS) is 16.5. The summed E-state index contributed by atoms with van der Waals surface area (Å²) >= 11 is 1.64. The molecule has 5 nitrogen and oxygen atoms in total. The number of hydrazine groups is 1. The molecule has 1 N–H and O–H groups in total. The van der Waals surface area contributed by atoms with Crippen LogP contribution in [-0.4, -0.2) is 37.4 Å². The summed E-state index contributed by atoms with van der Waals surface area (Å²) in [5.74, 6) is 0.867. The van der Waals surface area contributed by atoms with Gasteiger partial charge in [0.2, 0.25) is 0 Å². The summed E-state index contributed by atoms with van der Waals surface area (Å²) in [7, 11) is 0. The molecule has 6 heteroatoms. The minimum absolute atomic E-state index is 0.0995. The topological polar surface area (TPSA) is 53.9 Å². The van der Waals surface area contributed by atoms with Crippen LogP contribution in [0.4, 0.5) is 0 Å². The fraction of sp³-hybridized carbons (Fsp3) is 0.727. The SMILES string of the molecule is CC(C)(C)NN(CSc1ncncn1)C1CC1.